The molecule has 2 aromatic rings. The second-order valence-electron chi connectivity index (χ2n) is 5.25. The minimum atomic E-state index is -0.0119. The Morgan fingerprint density at radius 3 is 3.15 bits per heavy atom. The number of rotatable bonds is 3. The molecule has 2 heterocycles. The molecule has 0 radical (unpaired) electrons. The standard InChI is InChI=1S/C15H17ClN2O2/c16-11-3-4-13-10(8-17-14(13)7-11)6-15(20)18-5-1-2-12(18)9-19/h3-4,7-8,12,17,19H,1-2,5-6,9H2/t12-/m1/s1. The molecule has 0 aliphatic carbocycles. The van der Waals surface area contributed by atoms with Crippen LogP contribution < -0.4 is 0 Å². The molecule has 20 heavy (non-hydrogen) atoms. The Labute approximate surface area is 122 Å². The number of aromatic nitrogens is 1. The molecule has 1 fully saturated rings. The number of likely N-dealkylation sites (tertiary alicyclic amines) is 1. The van der Waals surface area contributed by atoms with Gasteiger partial charge in [0.15, 0.2) is 0 Å². The van der Waals surface area contributed by atoms with Crippen LogP contribution in [-0.4, -0.2) is 40.1 Å². The minimum Gasteiger partial charge on any atom is -0.394 e. The Bertz CT molecular complexity index is 638. The number of carbonyl (C=O) groups is 1. The highest BCUT2D eigenvalue weighted by Crippen LogP contribution is 2.24. The highest BCUT2D eigenvalue weighted by molar-refractivity contribution is 6.31. The van der Waals surface area contributed by atoms with Crippen molar-refractivity contribution in [2.45, 2.75) is 25.3 Å². The first-order valence-electron chi connectivity index (χ1n) is 6.85. The van der Waals surface area contributed by atoms with Crippen molar-refractivity contribution in [1.82, 2.24) is 9.88 Å². The summed E-state index contributed by atoms with van der Waals surface area (Å²) in [5, 5.41) is 11.0. The molecule has 1 amide bonds. The highest BCUT2D eigenvalue weighted by atomic mass is 35.5. The molecule has 0 unspecified atom stereocenters. The number of nitrogens with zero attached hydrogens (tertiary/aromatic N) is 1. The van der Waals surface area contributed by atoms with E-state index in [0.717, 1.165) is 35.9 Å². The first kappa shape index (κ1) is 13.5. The maximum atomic E-state index is 12.4. The SMILES string of the molecule is O=C(Cc1c[nH]c2cc(Cl)ccc12)N1CCC[C@@H]1CO. The average Bonchev–Trinajstić information content (AvgIpc) is 3.05. The van der Waals surface area contributed by atoms with Gasteiger partial charge in [-0.2, -0.15) is 0 Å². The number of hydrogen-bond donors (Lipinski definition) is 2. The number of benzene rings is 1. The van der Waals surface area contributed by atoms with Crippen molar-refractivity contribution >= 4 is 28.4 Å². The summed E-state index contributed by atoms with van der Waals surface area (Å²) in [6.45, 7) is 0.799. The van der Waals surface area contributed by atoms with E-state index in [2.05, 4.69) is 4.98 Å². The highest BCUT2D eigenvalue weighted by Gasteiger charge is 2.28. The van der Waals surface area contributed by atoms with Crippen LogP contribution in [0.2, 0.25) is 5.02 Å². The molecule has 1 saturated heterocycles. The number of fused-ring (bicyclic) bond motifs is 1. The fourth-order valence-corrected chi connectivity index (χ4v) is 3.10. The summed E-state index contributed by atoms with van der Waals surface area (Å²) < 4.78 is 0. The average molecular weight is 293 g/mol. The van der Waals surface area contributed by atoms with Crippen molar-refractivity contribution in [2.75, 3.05) is 13.2 Å². The Balaban J connectivity index is 1.81. The first-order chi connectivity index (χ1) is 9.69. The van der Waals surface area contributed by atoms with E-state index in [4.69, 9.17) is 11.6 Å². The van der Waals surface area contributed by atoms with E-state index in [1.54, 1.807) is 4.90 Å². The van der Waals surface area contributed by atoms with E-state index in [-0.39, 0.29) is 18.6 Å². The molecule has 2 N–H and O–H groups in total. The van der Waals surface area contributed by atoms with Crippen LogP contribution >= 0.6 is 11.6 Å². The van der Waals surface area contributed by atoms with Crippen molar-refractivity contribution < 1.29 is 9.90 Å². The summed E-state index contributed by atoms with van der Waals surface area (Å²) in [7, 11) is 0. The molecule has 1 aliphatic rings. The van der Waals surface area contributed by atoms with E-state index in [9.17, 15) is 9.90 Å². The van der Waals surface area contributed by atoms with E-state index < -0.39 is 0 Å². The van der Waals surface area contributed by atoms with Gasteiger partial charge in [-0.05, 0) is 30.5 Å². The van der Waals surface area contributed by atoms with E-state index in [1.165, 1.54) is 0 Å². The number of nitrogens with one attached hydrogen (secondary N) is 1. The van der Waals surface area contributed by atoms with Crippen LogP contribution in [0.5, 0.6) is 0 Å². The Kier molecular flexibility index (Phi) is 3.68. The number of hydrogen-bond acceptors (Lipinski definition) is 2. The number of aliphatic hydroxyl groups excluding tert-OH is 1. The maximum absolute atomic E-state index is 12.4. The van der Waals surface area contributed by atoms with Gasteiger partial charge in [-0.15, -0.1) is 0 Å². The van der Waals surface area contributed by atoms with Gasteiger partial charge in [-0.1, -0.05) is 17.7 Å². The molecule has 0 bridgehead atoms. The van der Waals surface area contributed by atoms with Gasteiger partial charge in [0, 0.05) is 28.7 Å². The summed E-state index contributed by atoms with van der Waals surface area (Å²) >= 11 is 5.95. The van der Waals surface area contributed by atoms with Crippen LogP contribution in [0, 0.1) is 0 Å². The van der Waals surface area contributed by atoms with Gasteiger partial charge in [-0.3, -0.25) is 4.79 Å². The molecular formula is C15H17ClN2O2. The zero-order valence-corrected chi connectivity index (χ0v) is 11.9. The van der Waals surface area contributed by atoms with Crippen molar-refractivity contribution in [3.8, 4) is 0 Å². The molecule has 0 spiro atoms. The zero-order chi connectivity index (χ0) is 14.1. The van der Waals surface area contributed by atoms with Gasteiger partial charge in [-0.25, -0.2) is 0 Å². The van der Waals surface area contributed by atoms with Crippen LogP contribution in [0.1, 0.15) is 18.4 Å². The third-order valence-corrected chi connectivity index (χ3v) is 4.21. The molecular weight excluding hydrogens is 276 g/mol. The number of aliphatic hydroxyl groups is 1. The van der Waals surface area contributed by atoms with Crippen molar-refractivity contribution in [3.63, 3.8) is 0 Å². The Morgan fingerprint density at radius 1 is 1.50 bits per heavy atom. The van der Waals surface area contributed by atoms with Gasteiger partial charge in [0.1, 0.15) is 0 Å². The number of carbonyl (C=O) groups excluding carboxylic acids is 1. The predicted molar refractivity (Wildman–Crippen MR) is 78.8 cm³/mol. The van der Waals surface area contributed by atoms with Crippen LogP contribution in [-0.2, 0) is 11.2 Å². The zero-order valence-electron chi connectivity index (χ0n) is 11.1. The summed E-state index contributed by atoms with van der Waals surface area (Å²) in [6.07, 6.45) is 4.09. The lowest BCUT2D eigenvalue weighted by molar-refractivity contribution is -0.131. The second kappa shape index (κ2) is 5.46. The number of H-pyrrole nitrogens is 1. The molecule has 5 heteroatoms. The van der Waals surface area contributed by atoms with Gasteiger partial charge < -0.3 is 15.0 Å². The Morgan fingerprint density at radius 2 is 2.35 bits per heavy atom. The lowest BCUT2D eigenvalue weighted by atomic mass is 10.1. The van der Waals surface area contributed by atoms with Crippen LogP contribution in [0.15, 0.2) is 24.4 Å². The molecule has 3 rings (SSSR count). The predicted octanol–water partition coefficient (Wildman–Crippen LogP) is 2.35. The number of amides is 1. The van der Waals surface area contributed by atoms with Crippen molar-refractivity contribution in [1.29, 1.82) is 0 Å². The van der Waals surface area contributed by atoms with Crippen molar-refractivity contribution in [2.24, 2.45) is 0 Å². The topological polar surface area (TPSA) is 56.3 Å². The van der Waals surface area contributed by atoms with Gasteiger partial charge >= 0.3 is 0 Å². The third-order valence-electron chi connectivity index (χ3n) is 3.98. The molecule has 0 saturated carbocycles. The third kappa shape index (κ3) is 2.41. The van der Waals surface area contributed by atoms with Crippen LogP contribution in [0.3, 0.4) is 0 Å². The van der Waals surface area contributed by atoms with E-state index >= 15 is 0 Å². The first-order valence-corrected chi connectivity index (χ1v) is 7.22. The lowest BCUT2D eigenvalue weighted by Gasteiger charge is -2.22. The van der Waals surface area contributed by atoms with Gasteiger partial charge in [0.05, 0.1) is 19.1 Å². The van der Waals surface area contributed by atoms with E-state index in [1.807, 2.05) is 24.4 Å². The lowest BCUT2D eigenvalue weighted by Crippen LogP contribution is -2.38. The van der Waals surface area contributed by atoms with E-state index in [0.29, 0.717) is 11.4 Å². The van der Waals surface area contributed by atoms with Gasteiger partial charge in [0.2, 0.25) is 5.91 Å². The summed E-state index contributed by atoms with van der Waals surface area (Å²) in [5.74, 6) is 0.0809. The summed E-state index contributed by atoms with van der Waals surface area (Å²) in [4.78, 5) is 17.3. The second-order valence-corrected chi connectivity index (χ2v) is 5.68. The van der Waals surface area contributed by atoms with Gasteiger partial charge in [0.25, 0.3) is 0 Å². The molecule has 1 aliphatic heterocycles. The quantitative estimate of drug-likeness (QED) is 0.912. The van der Waals surface area contributed by atoms with Crippen LogP contribution in [0.4, 0.5) is 0 Å². The normalized spacial score (nSPS) is 18.9. The summed E-state index contributed by atoms with van der Waals surface area (Å²) in [5.41, 5.74) is 1.92. The maximum Gasteiger partial charge on any atom is 0.227 e. The smallest absolute Gasteiger partial charge is 0.227 e. The summed E-state index contributed by atoms with van der Waals surface area (Å²) in [6, 6.07) is 5.61. The minimum absolute atomic E-state index is 0.0119. The van der Waals surface area contributed by atoms with Crippen molar-refractivity contribution in [3.05, 3.63) is 35.0 Å². The molecule has 1 atom stereocenters. The number of halogens is 1. The fraction of sp³-hybridized carbons (Fsp3) is 0.400. The number of aromatic amines is 1. The van der Waals surface area contributed by atoms with Crippen LogP contribution in [0.25, 0.3) is 10.9 Å². The monoisotopic (exact) mass is 292 g/mol. The molecule has 106 valence electrons. The molecule has 1 aromatic heterocycles. The largest absolute Gasteiger partial charge is 0.394 e. The Hall–Kier alpha value is -1.52. The molecule has 4 nitrogen and oxygen atoms in total. The molecule has 1 aromatic carbocycles. The fourth-order valence-electron chi connectivity index (χ4n) is 2.92.